The molecule has 0 N–H and O–H groups in total. The van der Waals surface area contributed by atoms with E-state index in [1.807, 2.05) is 33.8 Å². The monoisotopic (exact) mass is 412 g/mol. The standard InChI is InChI=1S/C22H26BFN2O4/c1-9-15-18(14(3)24)25(8)20(28)26(19(15)27)17-12-10-11-16(13(17)2)23-29-21(4,5)22(6,7)30-23/h9-12H,1,3H2,2,4-8H3. The molecule has 1 saturated heterocycles. The van der Waals surface area contributed by atoms with Crippen molar-refractivity contribution in [2.75, 3.05) is 0 Å². The van der Waals surface area contributed by atoms with Gasteiger partial charge in [-0.25, -0.2) is 13.8 Å². The van der Waals surface area contributed by atoms with Gasteiger partial charge in [-0.1, -0.05) is 31.4 Å². The average Bonchev–Trinajstić information content (AvgIpc) is 2.86. The molecule has 0 atom stereocenters. The summed E-state index contributed by atoms with van der Waals surface area (Å²) in [6.07, 6.45) is 1.23. The Labute approximate surface area is 175 Å². The molecule has 2 aromatic rings. The second kappa shape index (κ2) is 7.21. The third-order valence-electron chi connectivity index (χ3n) is 6.06. The van der Waals surface area contributed by atoms with Crippen molar-refractivity contribution < 1.29 is 13.7 Å². The van der Waals surface area contributed by atoms with Crippen molar-refractivity contribution in [2.24, 2.45) is 7.05 Å². The van der Waals surface area contributed by atoms with Crippen LogP contribution in [0.5, 0.6) is 0 Å². The first-order chi connectivity index (χ1) is 13.8. The fraction of sp³-hybridized carbons (Fsp3) is 0.364. The highest BCUT2D eigenvalue weighted by Crippen LogP contribution is 2.36. The number of halogens is 1. The third kappa shape index (κ3) is 3.20. The van der Waals surface area contributed by atoms with E-state index in [4.69, 9.17) is 9.31 Å². The minimum Gasteiger partial charge on any atom is -0.399 e. The lowest BCUT2D eigenvalue weighted by Crippen LogP contribution is -2.43. The van der Waals surface area contributed by atoms with Gasteiger partial charge < -0.3 is 9.31 Å². The fourth-order valence-electron chi connectivity index (χ4n) is 3.57. The first-order valence-electron chi connectivity index (χ1n) is 9.63. The average molecular weight is 412 g/mol. The van der Waals surface area contributed by atoms with Crippen LogP contribution in [0.2, 0.25) is 0 Å². The first-order valence-corrected chi connectivity index (χ1v) is 9.63. The number of benzene rings is 1. The van der Waals surface area contributed by atoms with Crippen LogP contribution >= 0.6 is 0 Å². The number of aromatic nitrogens is 2. The molecule has 1 aliphatic heterocycles. The highest BCUT2D eigenvalue weighted by atomic mass is 19.1. The van der Waals surface area contributed by atoms with E-state index in [1.54, 1.807) is 19.1 Å². The minimum atomic E-state index is -0.878. The van der Waals surface area contributed by atoms with Crippen LogP contribution in [0.3, 0.4) is 0 Å². The largest absolute Gasteiger partial charge is 0.495 e. The van der Waals surface area contributed by atoms with Crippen LogP contribution in [0.1, 0.15) is 44.5 Å². The van der Waals surface area contributed by atoms with E-state index in [0.717, 1.165) is 9.13 Å². The van der Waals surface area contributed by atoms with Crippen LogP contribution in [0.4, 0.5) is 4.39 Å². The molecular weight excluding hydrogens is 386 g/mol. The van der Waals surface area contributed by atoms with E-state index in [9.17, 15) is 14.0 Å². The Hall–Kier alpha value is -2.71. The molecule has 1 fully saturated rings. The number of hydrogen-bond acceptors (Lipinski definition) is 4. The highest BCUT2D eigenvalue weighted by Gasteiger charge is 2.52. The summed E-state index contributed by atoms with van der Waals surface area (Å²) >= 11 is 0. The molecule has 1 aromatic heterocycles. The molecule has 0 amide bonds. The summed E-state index contributed by atoms with van der Waals surface area (Å²) in [5.74, 6) is -0.878. The Morgan fingerprint density at radius 3 is 2.23 bits per heavy atom. The highest BCUT2D eigenvalue weighted by molar-refractivity contribution is 6.62. The molecular formula is C22H26BFN2O4. The molecule has 0 bridgehead atoms. The van der Waals surface area contributed by atoms with Gasteiger partial charge in [-0.15, -0.1) is 0 Å². The van der Waals surface area contributed by atoms with E-state index < -0.39 is 35.4 Å². The lowest BCUT2D eigenvalue weighted by molar-refractivity contribution is 0.00578. The van der Waals surface area contributed by atoms with Gasteiger partial charge in [-0.3, -0.25) is 9.36 Å². The van der Waals surface area contributed by atoms with Crippen molar-refractivity contribution in [1.82, 2.24) is 9.13 Å². The molecule has 158 valence electrons. The van der Waals surface area contributed by atoms with Gasteiger partial charge in [-0.2, -0.15) is 0 Å². The summed E-state index contributed by atoms with van der Waals surface area (Å²) in [6, 6.07) is 5.22. The molecule has 0 radical (unpaired) electrons. The molecule has 30 heavy (non-hydrogen) atoms. The first kappa shape index (κ1) is 22.0. The van der Waals surface area contributed by atoms with Crippen LogP contribution < -0.4 is 16.7 Å². The Bertz CT molecular complexity index is 1160. The van der Waals surface area contributed by atoms with Gasteiger partial charge in [0.15, 0.2) is 0 Å². The SMILES string of the molecule is C=Cc1c(C(=C)F)n(C)c(=O)n(-c2cccc(B3OC(C)(C)C(C)(C)O3)c2C)c1=O. The van der Waals surface area contributed by atoms with Gasteiger partial charge in [0.1, 0.15) is 5.83 Å². The summed E-state index contributed by atoms with van der Waals surface area (Å²) in [5.41, 5.74) is -0.924. The molecule has 1 aromatic carbocycles. The van der Waals surface area contributed by atoms with E-state index >= 15 is 0 Å². The van der Waals surface area contributed by atoms with Crippen molar-refractivity contribution in [3.8, 4) is 5.69 Å². The van der Waals surface area contributed by atoms with Crippen LogP contribution in [0, 0.1) is 6.92 Å². The molecule has 0 aliphatic carbocycles. The Kier molecular flexibility index (Phi) is 5.29. The van der Waals surface area contributed by atoms with Gasteiger partial charge in [-0.05, 0) is 51.7 Å². The summed E-state index contributed by atoms with van der Waals surface area (Å²) in [5, 5.41) is 0. The molecule has 6 nitrogen and oxygen atoms in total. The van der Waals surface area contributed by atoms with Gasteiger partial charge in [0, 0.05) is 7.05 Å². The van der Waals surface area contributed by atoms with E-state index in [0.29, 0.717) is 16.7 Å². The van der Waals surface area contributed by atoms with Crippen LogP contribution in [-0.2, 0) is 16.4 Å². The summed E-state index contributed by atoms with van der Waals surface area (Å²) < 4.78 is 28.3. The minimum absolute atomic E-state index is 0.0370. The zero-order chi connectivity index (χ0) is 22.6. The number of hydrogen-bond donors (Lipinski definition) is 0. The predicted molar refractivity (Wildman–Crippen MR) is 118 cm³/mol. The Morgan fingerprint density at radius 1 is 1.17 bits per heavy atom. The van der Waals surface area contributed by atoms with E-state index in [1.165, 1.54) is 13.1 Å². The second-order valence-electron chi connectivity index (χ2n) is 8.43. The van der Waals surface area contributed by atoms with Gasteiger partial charge in [0.2, 0.25) is 0 Å². The van der Waals surface area contributed by atoms with Crippen molar-refractivity contribution in [1.29, 1.82) is 0 Å². The maximum atomic E-state index is 13.9. The normalized spacial score (nSPS) is 17.2. The molecule has 2 heterocycles. The Morgan fingerprint density at radius 2 is 1.73 bits per heavy atom. The van der Waals surface area contributed by atoms with E-state index in [-0.39, 0.29) is 11.3 Å². The van der Waals surface area contributed by atoms with E-state index in [2.05, 4.69) is 13.2 Å². The van der Waals surface area contributed by atoms with Gasteiger partial charge in [0.05, 0.1) is 28.1 Å². The zero-order valence-corrected chi connectivity index (χ0v) is 18.2. The number of rotatable bonds is 4. The molecule has 8 heteroatoms. The molecule has 3 rings (SSSR count). The molecule has 0 saturated carbocycles. The van der Waals surface area contributed by atoms with Crippen molar-refractivity contribution in [2.45, 2.75) is 45.8 Å². The summed E-state index contributed by atoms with van der Waals surface area (Å²) in [7, 11) is 0.733. The van der Waals surface area contributed by atoms with Crippen LogP contribution in [0.15, 0.2) is 40.9 Å². The van der Waals surface area contributed by atoms with Crippen molar-refractivity contribution in [3.63, 3.8) is 0 Å². The number of nitrogens with zero attached hydrogens (tertiary/aromatic N) is 2. The van der Waals surface area contributed by atoms with Crippen molar-refractivity contribution in [3.05, 3.63) is 69.0 Å². The molecule has 0 spiro atoms. The maximum absolute atomic E-state index is 13.9. The zero-order valence-electron chi connectivity index (χ0n) is 18.2. The lowest BCUT2D eigenvalue weighted by Gasteiger charge is -2.32. The second-order valence-corrected chi connectivity index (χ2v) is 8.43. The fourth-order valence-corrected chi connectivity index (χ4v) is 3.57. The summed E-state index contributed by atoms with van der Waals surface area (Å²) in [4.78, 5) is 26.1. The maximum Gasteiger partial charge on any atom is 0.495 e. The van der Waals surface area contributed by atoms with Gasteiger partial charge >= 0.3 is 12.8 Å². The van der Waals surface area contributed by atoms with Crippen LogP contribution in [-0.4, -0.2) is 27.5 Å². The smallest absolute Gasteiger partial charge is 0.399 e. The predicted octanol–water partition coefficient (Wildman–Crippen LogP) is 2.73. The third-order valence-corrected chi connectivity index (χ3v) is 6.06. The Balaban J connectivity index is 2.26. The topological polar surface area (TPSA) is 62.5 Å². The molecule has 1 aliphatic rings. The quantitative estimate of drug-likeness (QED) is 0.725. The van der Waals surface area contributed by atoms with Crippen LogP contribution in [0.25, 0.3) is 17.6 Å². The van der Waals surface area contributed by atoms with Gasteiger partial charge in [0.25, 0.3) is 5.56 Å². The van der Waals surface area contributed by atoms with Crippen molar-refractivity contribution >= 4 is 24.5 Å². The lowest BCUT2D eigenvalue weighted by atomic mass is 9.76. The molecule has 0 unspecified atom stereocenters. The summed E-state index contributed by atoms with van der Waals surface area (Å²) in [6.45, 7) is 16.4.